The quantitative estimate of drug-likeness (QED) is 0.643. The third kappa shape index (κ3) is 4.53. The second kappa shape index (κ2) is 7.11. The van der Waals surface area contributed by atoms with Gasteiger partial charge in [-0.25, -0.2) is 5.01 Å². The van der Waals surface area contributed by atoms with Crippen molar-refractivity contribution in [1.82, 2.24) is 10.4 Å². The standard InChI is InChI=1S/C18H19ClN2OS/c1-18(2,3)21(17(22)14-9-11-15(19)12-10-14)20-16(23)13-7-5-4-6-8-13/h4-12H,1-3H3,(H,20,23). The summed E-state index contributed by atoms with van der Waals surface area (Å²) in [6, 6.07) is 16.4. The van der Waals surface area contributed by atoms with Gasteiger partial charge in [0, 0.05) is 16.1 Å². The molecule has 0 saturated carbocycles. The molecule has 2 aromatic rings. The smallest absolute Gasteiger partial charge is 0.272 e. The highest BCUT2D eigenvalue weighted by Crippen LogP contribution is 2.17. The van der Waals surface area contributed by atoms with Gasteiger partial charge in [0.05, 0.1) is 5.54 Å². The predicted octanol–water partition coefficient (Wildman–Crippen LogP) is 4.46. The van der Waals surface area contributed by atoms with E-state index >= 15 is 0 Å². The van der Waals surface area contributed by atoms with Crippen molar-refractivity contribution in [2.75, 3.05) is 0 Å². The van der Waals surface area contributed by atoms with E-state index in [0.717, 1.165) is 5.56 Å². The average molecular weight is 347 g/mol. The maximum absolute atomic E-state index is 12.8. The molecule has 2 rings (SSSR count). The molecule has 1 amide bonds. The predicted molar refractivity (Wildman–Crippen MR) is 98.7 cm³/mol. The Bertz CT molecular complexity index is 693. The molecule has 0 saturated heterocycles. The molecule has 5 heteroatoms. The maximum Gasteiger partial charge on any atom is 0.272 e. The summed E-state index contributed by atoms with van der Waals surface area (Å²) in [5.74, 6) is -0.160. The number of carbonyl (C=O) groups is 1. The number of nitrogens with zero attached hydrogens (tertiary/aromatic N) is 1. The summed E-state index contributed by atoms with van der Waals surface area (Å²) in [7, 11) is 0. The van der Waals surface area contributed by atoms with E-state index in [1.165, 1.54) is 0 Å². The Morgan fingerprint density at radius 3 is 2.09 bits per heavy atom. The lowest BCUT2D eigenvalue weighted by molar-refractivity contribution is 0.0500. The number of hydrazine groups is 1. The topological polar surface area (TPSA) is 32.3 Å². The van der Waals surface area contributed by atoms with Crippen LogP contribution in [0.15, 0.2) is 54.6 Å². The van der Waals surface area contributed by atoms with E-state index in [4.69, 9.17) is 23.8 Å². The molecule has 0 aliphatic heterocycles. The lowest BCUT2D eigenvalue weighted by atomic mass is 10.1. The monoisotopic (exact) mass is 346 g/mol. The first-order valence-corrected chi connectivity index (χ1v) is 8.04. The summed E-state index contributed by atoms with van der Waals surface area (Å²) in [4.78, 5) is 13.3. The van der Waals surface area contributed by atoms with E-state index in [0.29, 0.717) is 15.6 Å². The second-order valence-corrected chi connectivity index (χ2v) is 6.97. The van der Waals surface area contributed by atoms with Crippen LogP contribution >= 0.6 is 23.8 Å². The molecular formula is C18H19ClN2OS. The molecule has 0 aliphatic rings. The zero-order valence-electron chi connectivity index (χ0n) is 13.3. The van der Waals surface area contributed by atoms with Crippen molar-refractivity contribution in [3.8, 4) is 0 Å². The number of hydrogen-bond acceptors (Lipinski definition) is 2. The van der Waals surface area contributed by atoms with E-state index in [-0.39, 0.29) is 5.91 Å². The minimum absolute atomic E-state index is 0.160. The Kier molecular flexibility index (Phi) is 5.39. The highest BCUT2D eigenvalue weighted by Gasteiger charge is 2.28. The minimum Gasteiger partial charge on any atom is -0.284 e. The van der Waals surface area contributed by atoms with E-state index in [1.807, 2.05) is 51.1 Å². The highest BCUT2D eigenvalue weighted by atomic mass is 35.5. The van der Waals surface area contributed by atoms with Crippen LogP contribution < -0.4 is 5.43 Å². The average Bonchev–Trinajstić information content (AvgIpc) is 2.52. The van der Waals surface area contributed by atoms with Gasteiger partial charge in [0.2, 0.25) is 0 Å². The second-order valence-electron chi connectivity index (χ2n) is 6.13. The Balaban J connectivity index is 2.26. The van der Waals surface area contributed by atoms with Gasteiger partial charge in [-0.05, 0) is 45.0 Å². The fraction of sp³-hybridized carbons (Fsp3) is 0.222. The number of benzene rings is 2. The van der Waals surface area contributed by atoms with Gasteiger partial charge in [0.1, 0.15) is 4.99 Å². The molecule has 3 nitrogen and oxygen atoms in total. The Labute approximate surface area is 147 Å². The fourth-order valence-corrected chi connectivity index (χ4v) is 2.35. The maximum atomic E-state index is 12.8. The lowest BCUT2D eigenvalue weighted by Crippen LogP contribution is -2.55. The van der Waals surface area contributed by atoms with Crippen LogP contribution in [0.25, 0.3) is 0 Å². The molecule has 0 bridgehead atoms. The van der Waals surface area contributed by atoms with Gasteiger partial charge in [-0.2, -0.15) is 0 Å². The summed E-state index contributed by atoms with van der Waals surface area (Å²) >= 11 is 11.3. The largest absolute Gasteiger partial charge is 0.284 e. The Hall–Kier alpha value is -1.91. The Morgan fingerprint density at radius 2 is 1.57 bits per heavy atom. The zero-order chi connectivity index (χ0) is 17.0. The fourth-order valence-electron chi connectivity index (χ4n) is 2.00. The highest BCUT2D eigenvalue weighted by molar-refractivity contribution is 7.80. The molecule has 0 atom stereocenters. The number of amides is 1. The van der Waals surface area contributed by atoms with Crippen molar-refractivity contribution in [3.63, 3.8) is 0 Å². The first kappa shape index (κ1) is 17.4. The number of halogens is 1. The van der Waals surface area contributed by atoms with E-state index in [1.54, 1.807) is 29.3 Å². The molecule has 0 unspecified atom stereocenters. The molecule has 0 aliphatic carbocycles. The van der Waals surface area contributed by atoms with Crippen molar-refractivity contribution >= 4 is 34.7 Å². The number of hydrogen-bond donors (Lipinski definition) is 1. The van der Waals surface area contributed by atoms with Crippen molar-refractivity contribution < 1.29 is 4.79 Å². The van der Waals surface area contributed by atoms with Gasteiger partial charge in [-0.15, -0.1) is 0 Å². The Morgan fingerprint density at radius 1 is 1.00 bits per heavy atom. The molecule has 0 radical (unpaired) electrons. The van der Waals surface area contributed by atoms with E-state index in [2.05, 4.69) is 5.43 Å². The number of carbonyl (C=O) groups excluding carboxylic acids is 1. The summed E-state index contributed by atoms with van der Waals surface area (Å²) < 4.78 is 0. The van der Waals surface area contributed by atoms with Crippen LogP contribution in [0.4, 0.5) is 0 Å². The third-order valence-corrected chi connectivity index (χ3v) is 3.79. The van der Waals surface area contributed by atoms with Gasteiger partial charge in [0.15, 0.2) is 0 Å². The van der Waals surface area contributed by atoms with Crippen molar-refractivity contribution in [2.24, 2.45) is 0 Å². The minimum atomic E-state index is -0.449. The van der Waals surface area contributed by atoms with Gasteiger partial charge in [-0.3, -0.25) is 10.2 Å². The van der Waals surface area contributed by atoms with Gasteiger partial charge in [-0.1, -0.05) is 54.2 Å². The third-order valence-electron chi connectivity index (χ3n) is 3.21. The first-order chi connectivity index (χ1) is 10.8. The number of thiocarbonyl (C=S) groups is 1. The normalized spacial score (nSPS) is 11.0. The molecule has 0 fully saturated rings. The summed E-state index contributed by atoms with van der Waals surface area (Å²) in [6.45, 7) is 5.84. The molecule has 120 valence electrons. The number of rotatable bonds is 2. The summed E-state index contributed by atoms with van der Waals surface area (Å²) in [5, 5.41) is 2.14. The molecule has 0 aromatic heterocycles. The van der Waals surface area contributed by atoms with Crippen LogP contribution in [0.5, 0.6) is 0 Å². The van der Waals surface area contributed by atoms with Crippen molar-refractivity contribution in [2.45, 2.75) is 26.3 Å². The molecule has 1 N–H and O–H groups in total. The van der Waals surface area contributed by atoms with Crippen LogP contribution in [0.2, 0.25) is 5.02 Å². The zero-order valence-corrected chi connectivity index (χ0v) is 14.9. The summed E-state index contributed by atoms with van der Waals surface area (Å²) in [6.07, 6.45) is 0. The van der Waals surface area contributed by atoms with Gasteiger partial charge >= 0.3 is 0 Å². The first-order valence-electron chi connectivity index (χ1n) is 7.25. The van der Waals surface area contributed by atoms with Crippen molar-refractivity contribution in [3.05, 3.63) is 70.7 Å². The van der Waals surface area contributed by atoms with E-state index in [9.17, 15) is 4.79 Å². The van der Waals surface area contributed by atoms with E-state index < -0.39 is 5.54 Å². The lowest BCUT2D eigenvalue weighted by Gasteiger charge is -2.36. The van der Waals surface area contributed by atoms with Gasteiger partial charge < -0.3 is 0 Å². The van der Waals surface area contributed by atoms with Crippen LogP contribution in [-0.4, -0.2) is 21.4 Å². The molecule has 2 aromatic carbocycles. The SMILES string of the molecule is CC(C)(C)N(NC(=S)c1ccccc1)C(=O)c1ccc(Cl)cc1. The van der Waals surface area contributed by atoms with Crippen LogP contribution in [-0.2, 0) is 0 Å². The van der Waals surface area contributed by atoms with Crippen LogP contribution in [0.3, 0.4) is 0 Å². The summed E-state index contributed by atoms with van der Waals surface area (Å²) in [5.41, 5.74) is 4.03. The number of nitrogens with one attached hydrogen (secondary N) is 1. The molecule has 0 spiro atoms. The molecule has 0 heterocycles. The van der Waals surface area contributed by atoms with Crippen LogP contribution in [0, 0.1) is 0 Å². The van der Waals surface area contributed by atoms with Crippen molar-refractivity contribution in [1.29, 1.82) is 0 Å². The van der Waals surface area contributed by atoms with Crippen LogP contribution in [0.1, 0.15) is 36.7 Å². The molecular weight excluding hydrogens is 328 g/mol. The van der Waals surface area contributed by atoms with Gasteiger partial charge in [0.25, 0.3) is 5.91 Å². The molecule has 23 heavy (non-hydrogen) atoms.